The third-order valence-corrected chi connectivity index (χ3v) is 6.15. The quantitative estimate of drug-likeness (QED) is 0.234. The second-order valence-corrected chi connectivity index (χ2v) is 7.99. The monoisotopic (exact) mass is 383 g/mol. The number of thioether (sulfide) groups is 1. The van der Waals surface area contributed by atoms with Gasteiger partial charge in [0.1, 0.15) is 0 Å². The van der Waals surface area contributed by atoms with Gasteiger partial charge in [-0.25, -0.2) is 0 Å². The Kier molecular flexibility index (Phi) is 5.45. The molecule has 4 rings (SSSR count). The molecule has 1 unspecified atom stereocenters. The van der Waals surface area contributed by atoms with Crippen LogP contribution in [0.3, 0.4) is 0 Å². The van der Waals surface area contributed by atoms with Crippen LogP contribution in [0.4, 0.5) is 5.69 Å². The van der Waals surface area contributed by atoms with E-state index >= 15 is 0 Å². The Morgan fingerprint density at radius 3 is 2.25 bits per heavy atom. The molecule has 138 valence electrons. The van der Waals surface area contributed by atoms with Gasteiger partial charge in [-0.3, -0.25) is 4.79 Å². The van der Waals surface area contributed by atoms with Crippen LogP contribution in [0.1, 0.15) is 27.6 Å². The summed E-state index contributed by atoms with van der Waals surface area (Å²) in [6, 6.07) is 32.0. The van der Waals surface area contributed by atoms with Crippen LogP contribution < -0.4 is 5.73 Å². The Balaban J connectivity index is 1.62. The lowest BCUT2D eigenvalue weighted by molar-refractivity contribution is 0.0982. The number of nitrogen functional groups attached to an aromatic ring is 1. The molecule has 0 bridgehead atoms. The number of ketones is 1. The van der Waals surface area contributed by atoms with Crippen LogP contribution in [0.25, 0.3) is 10.8 Å². The molecule has 2 N–H and O–H groups in total. The van der Waals surface area contributed by atoms with E-state index in [1.54, 1.807) is 11.8 Å². The average molecular weight is 384 g/mol. The van der Waals surface area contributed by atoms with Gasteiger partial charge < -0.3 is 5.73 Å². The third kappa shape index (κ3) is 4.10. The van der Waals surface area contributed by atoms with E-state index in [9.17, 15) is 4.79 Å². The van der Waals surface area contributed by atoms with Crippen LogP contribution in [0.2, 0.25) is 0 Å². The maximum atomic E-state index is 13.1. The first-order valence-electron chi connectivity index (χ1n) is 9.29. The standard InChI is InChI=1S/C25H21NOS/c26-22-12-6-7-13-24(22)28-25(19-9-2-1-3-10-19)17-23(27)21-15-14-18-8-4-5-11-20(18)16-21/h1-16,25H,17,26H2. The number of hydrogen-bond donors (Lipinski definition) is 1. The zero-order valence-corrected chi connectivity index (χ0v) is 16.2. The first-order chi connectivity index (χ1) is 13.7. The predicted molar refractivity (Wildman–Crippen MR) is 119 cm³/mol. The van der Waals surface area contributed by atoms with Gasteiger partial charge in [-0.15, -0.1) is 11.8 Å². The number of nitrogens with two attached hydrogens (primary N) is 1. The molecular weight excluding hydrogens is 362 g/mol. The highest BCUT2D eigenvalue weighted by Gasteiger charge is 2.19. The van der Waals surface area contributed by atoms with Gasteiger partial charge in [0.15, 0.2) is 5.78 Å². The second kappa shape index (κ2) is 8.32. The Morgan fingerprint density at radius 1 is 0.786 bits per heavy atom. The maximum absolute atomic E-state index is 13.1. The van der Waals surface area contributed by atoms with Crippen molar-refractivity contribution in [3.05, 3.63) is 108 Å². The number of para-hydroxylation sites is 1. The fourth-order valence-electron chi connectivity index (χ4n) is 3.29. The minimum absolute atomic E-state index is 0.00451. The normalized spacial score (nSPS) is 12.0. The first kappa shape index (κ1) is 18.3. The second-order valence-electron chi connectivity index (χ2n) is 6.74. The minimum atomic E-state index is 0.00451. The minimum Gasteiger partial charge on any atom is -0.398 e. The van der Waals surface area contributed by atoms with Gasteiger partial charge in [-0.05, 0) is 34.5 Å². The van der Waals surface area contributed by atoms with E-state index in [0.717, 1.165) is 32.5 Å². The van der Waals surface area contributed by atoms with Crippen molar-refractivity contribution in [3.8, 4) is 0 Å². The van der Waals surface area contributed by atoms with Crippen molar-refractivity contribution in [2.45, 2.75) is 16.6 Å². The lowest BCUT2D eigenvalue weighted by Gasteiger charge is -2.18. The summed E-state index contributed by atoms with van der Waals surface area (Å²) in [7, 11) is 0. The molecule has 2 nitrogen and oxygen atoms in total. The van der Waals surface area contributed by atoms with E-state index in [2.05, 4.69) is 18.2 Å². The number of rotatable bonds is 6. The topological polar surface area (TPSA) is 43.1 Å². The van der Waals surface area contributed by atoms with Gasteiger partial charge in [-0.2, -0.15) is 0 Å². The molecule has 4 aromatic carbocycles. The number of carbonyl (C=O) groups excluding carboxylic acids is 1. The molecule has 0 aromatic heterocycles. The highest BCUT2D eigenvalue weighted by atomic mass is 32.2. The molecule has 4 aromatic rings. The molecule has 0 spiro atoms. The largest absolute Gasteiger partial charge is 0.398 e. The number of fused-ring (bicyclic) bond motifs is 1. The molecule has 0 radical (unpaired) electrons. The molecule has 3 heteroatoms. The van der Waals surface area contributed by atoms with E-state index in [1.165, 1.54) is 0 Å². The summed E-state index contributed by atoms with van der Waals surface area (Å²) in [5.74, 6) is 0.140. The van der Waals surface area contributed by atoms with Crippen LogP contribution >= 0.6 is 11.8 Å². The van der Waals surface area contributed by atoms with Crippen molar-refractivity contribution in [2.24, 2.45) is 0 Å². The predicted octanol–water partition coefficient (Wildman–Crippen LogP) is 6.53. The fourth-order valence-corrected chi connectivity index (χ4v) is 4.48. The number of anilines is 1. The summed E-state index contributed by atoms with van der Waals surface area (Å²) in [6.07, 6.45) is 0.418. The van der Waals surface area contributed by atoms with Crippen LogP contribution in [-0.2, 0) is 0 Å². The van der Waals surface area contributed by atoms with Crippen molar-refractivity contribution >= 4 is 34.0 Å². The van der Waals surface area contributed by atoms with Crippen molar-refractivity contribution < 1.29 is 4.79 Å². The molecule has 0 aliphatic carbocycles. The molecular formula is C25H21NOS. The van der Waals surface area contributed by atoms with Crippen LogP contribution in [0, 0.1) is 0 Å². The van der Waals surface area contributed by atoms with E-state index in [-0.39, 0.29) is 11.0 Å². The summed E-state index contributed by atoms with van der Waals surface area (Å²) >= 11 is 1.65. The van der Waals surface area contributed by atoms with Gasteiger partial charge >= 0.3 is 0 Å². The summed E-state index contributed by atoms with van der Waals surface area (Å²) < 4.78 is 0. The third-order valence-electron chi connectivity index (χ3n) is 4.80. The van der Waals surface area contributed by atoms with E-state index in [4.69, 9.17) is 5.73 Å². The molecule has 0 saturated carbocycles. The van der Waals surface area contributed by atoms with E-state index in [0.29, 0.717) is 6.42 Å². The van der Waals surface area contributed by atoms with Crippen molar-refractivity contribution in [3.63, 3.8) is 0 Å². The highest BCUT2D eigenvalue weighted by Crippen LogP contribution is 2.40. The Bertz CT molecular complexity index is 1110. The summed E-state index contributed by atoms with van der Waals surface area (Å²) in [5, 5.41) is 2.24. The van der Waals surface area contributed by atoms with Gasteiger partial charge in [0.2, 0.25) is 0 Å². The molecule has 0 heterocycles. The molecule has 0 aliphatic rings. The summed E-state index contributed by atoms with van der Waals surface area (Å²) in [5.41, 5.74) is 8.77. The van der Waals surface area contributed by atoms with Gasteiger partial charge in [0.05, 0.1) is 0 Å². The smallest absolute Gasteiger partial charge is 0.164 e. The van der Waals surface area contributed by atoms with Crippen LogP contribution in [0.15, 0.2) is 102 Å². The zero-order chi connectivity index (χ0) is 19.3. The average Bonchev–Trinajstić information content (AvgIpc) is 2.75. The number of benzene rings is 4. The van der Waals surface area contributed by atoms with Crippen LogP contribution in [0.5, 0.6) is 0 Å². The first-order valence-corrected chi connectivity index (χ1v) is 10.2. The number of hydrogen-bond acceptors (Lipinski definition) is 3. The fraction of sp³-hybridized carbons (Fsp3) is 0.0800. The molecule has 0 amide bonds. The van der Waals surface area contributed by atoms with Gasteiger partial charge in [0.25, 0.3) is 0 Å². The zero-order valence-electron chi connectivity index (χ0n) is 15.4. The lowest BCUT2D eigenvalue weighted by atomic mass is 10.00. The maximum Gasteiger partial charge on any atom is 0.164 e. The van der Waals surface area contributed by atoms with Crippen LogP contribution in [-0.4, -0.2) is 5.78 Å². The van der Waals surface area contributed by atoms with Crippen molar-refractivity contribution in [2.75, 3.05) is 5.73 Å². The van der Waals surface area contributed by atoms with E-state index < -0.39 is 0 Å². The number of carbonyl (C=O) groups is 1. The molecule has 0 aliphatic heterocycles. The Morgan fingerprint density at radius 2 is 1.46 bits per heavy atom. The molecule has 28 heavy (non-hydrogen) atoms. The molecule has 0 saturated heterocycles. The Labute approximate surface area is 169 Å². The molecule has 1 atom stereocenters. The van der Waals surface area contributed by atoms with Gasteiger partial charge in [0, 0.05) is 27.8 Å². The highest BCUT2D eigenvalue weighted by molar-refractivity contribution is 7.99. The molecule has 0 fully saturated rings. The Hall–Kier alpha value is -3.04. The number of Topliss-reactive ketones (excluding diaryl/α,β-unsaturated/α-hetero) is 1. The summed E-state index contributed by atoms with van der Waals surface area (Å²) in [4.78, 5) is 14.1. The van der Waals surface area contributed by atoms with Crippen molar-refractivity contribution in [1.82, 2.24) is 0 Å². The van der Waals surface area contributed by atoms with E-state index in [1.807, 2.05) is 78.9 Å². The lowest BCUT2D eigenvalue weighted by Crippen LogP contribution is -2.06. The summed E-state index contributed by atoms with van der Waals surface area (Å²) in [6.45, 7) is 0. The van der Waals surface area contributed by atoms with Gasteiger partial charge in [-0.1, -0.05) is 78.9 Å². The SMILES string of the molecule is Nc1ccccc1SC(CC(=O)c1ccc2ccccc2c1)c1ccccc1. The van der Waals surface area contributed by atoms with Crippen molar-refractivity contribution in [1.29, 1.82) is 0 Å².